The second-order valence-electron chi connectivity index (χ2n) is 6.04. The molecule has 0 atom stereocenters. The Bertz CT molecular complexity index is 907. The molecule has 1 amide bonds. The zero-order valence-corrected chi connectivity index (χ0v) is 14.5. The van der Waals surface area contributed by atoms with Crippen LogP contribution in [0.2, 0.25) is 0 Å². The molecule has 0 fully saturated rings. The third-order valence-corrected chi connectivity index (χ3v) is 4.05. The van der Waals surface area contributed by atoms with E-state index >= 15 is 0 Å². The lowest BCUT2D eigenvalue weighted by Gasteiger charge is -2.10. The smallest absolute Gasteiger partial charge is 0.275 e. The van der Waals surface area contributed by atoms with Crippen LogP contribution in [0.25, 0.3) is 5.78 Å². The molecule has 3 heterocycles. The first-order chi connectivity index (χ1) is 11.4. The maximum atomic E-state index is 12.7. The van der Waals surface area contributed by atoms with Crippen molar-refractivity contribution >= 4 is 17.5 Å². The molecule has 0 saturated carbocycles. The Kier molecular flexibility index (Phi) is 4.04. The Labute approximate surface area is 139 Å². The number of carbonyl (C=O) groups excluding carboxylic acids is 1. The number of nitrogens with zero attached hydrogens (tertiary/aromatic N) is 6. The second kappa shape index (κ2) is 6.03. The SMILES string of the molecule is CCc1nn(C)c(NC(=O)c2cc(C(C)C)n3ncnc3n2)c1C. The third kappa shape index (κ3) is 2.64. The molecule has 0 aliphatic rings. The zero-order chi connectivity index (χ0) is 17.4. The van der Waals surface area contributed by atoms with Crippen molar-refractivity contribution in [1.29, 1.82) is 0 Å². The first kappa shape index (κ1) is 16.1. The summed E-state index contributed by atoms with van der Waals surface area (Å²) in [7, 11) is 1.82. The van der Waals surface area contributed by atoms with Crippen molar-refractivity contribution < 1.29 is 4.79 Å². The van der Waals surface area contributed by atoms with E-state index in [9.17, 15) is 4.79 Å². The van der Waals surface area contributed by atoms with Gasteiger partial charge in [-0.1, -0.05) is 20.8 Å². The lowest BCUT2D eigenvalue weighted by atomic mass is 10.1. The van der Waals surface area contributed by atoms with Crippen molar-refractivity contribution in [3.63, 3.8) is 0 Å². The summed E-state index contributed by atoms with van der Waals surface area (Å²) >= 11 is 0. The Morgan fingerprint density at radius 2 is 2.12 bits per heavy atom. The normalized spacial score (nSPS) is 11.4. The fraction of sp³-hybridized carbons (Fsp3) is 0.438. The lowest BCUT2D eigenvalue weighted by Crippen LogP contribution is -2.18. The molecule has 1 N–H and O–H groups in total. The molecule has 3 rings (SSSR count). The van der Waals surface area contributed by atoms with Gasteiger partial charge in [0.05, 0.1) is 11.4 Å². The summed E-state index contributed by atoms with van der Waals surface area (Å²) in [6.07, 6.45) is 2.26. The van der Waals surface area contributed by atoms with E-state index in [0.717, 1.165) is 23.4 Å². The van der Waals surface area contributed by atoms with E-state index in [2.05, 4.69) is 25.5 Å². The van der Waals surface area contributed by atoms with E-state index in [0.29, 0.717) is 17.3 Å². The van der Waals surface area contributed by atoms with Gasteiger partial charge in [0.2, 0.25) is 0 Å². The summed E-state index contributed by atoms with van der Waals surface area (Å²) < 4.78 is 3.34. The van der Waals surface area contributed by atoms with Crippen LogP contribution in [0.15, 0.2) is 12.4 Å². The quantitative estimate of drug-likeness (QED) is 0.792. The van der Waals surface area contributed by atoms with Gasteiger partial charge in [-0.05, 0) is 25.3 Å². The Morgan fingerprint density at radius 1 is 1.38 bits per heavy atom. The summed E-state index contributed by atoms with van der Waals surface area (Å²) in [5, 5.41) is 11.5. The summed E-state index contributed by atoms with van der Waals surface area (Å²) in [6.45, 7) is 8.07. The van der Waals surface area contributed by atoms with E-state index in [-0.39, 0.29) is 11.8 Å². The summed E-state index contributed by atoms with van der Waals surface area (Å²) in [6, 6.07) is 1.76. The highest BCUT2D eigenvalue weighted by Crippen LogP contribution is 2.20. The zero-order valence-electron chi connectivity index (χ0n) is 14.5. The average molecular weight is 327 g/mol. The molecule has 0 bridgehead atoms. The molecule has 8 heteroatoms. The number of anilines is 1. The number of carbonyl (C=O) groups is 1. The first-order valence-corrected chi connectivity index (χ1v) is 7.96. The minimum atomic E-state index is -0.281. The minimum absolute atomic E-state index is 0.189. The van der Waals surface area contributed by atoms with Gasteiger partial charge in [-0.2, -0.15) is 15.2 Å². The highest BCUT2D eigenvalue weighted by molar-refractivity contribution is 6.03. The van der Waals surface area contributed by atoms with Crippen molar-refractivity contribution in [2.24, 2.45) is 7.05 Å². The van der Waals surface area contributed by atoms with Crippen LogP contribution >= 0.6 is 0 Å². The topological polar surface area (TPSA) is 90.0 Å². The first-order valence-electron chi connectivity index (χ1n) is 7.96. The van der Waals surface area contributed by atoms with Gasteiger partial charge in [-0.25, -0.2) is 9.50 Å². The average Bonchev–Trinajstić information content (AvgIpc) is 3.12. The van der Waals surface area contributed by atoms with Gasteiger partial charge in [0.1, 0.15) is 17.8 Å². The van der Waals surface area contributed by atoms with Crippen molar-refractivity contribution in [2.45, 2.75) is 40.0 Å². The number of aryl methyl sites for hydroxylation is 2. The van der Waals surface area contributed by atoms with Gasteiger partial charge in [0.25, 0.3) is 11.7 Å². The number of hydrogen-bond donors (Lipinski definition) is 1. The van der Waals surface area contributed by atoms with E-state index in [4.69, 9.17) is 0 Å². The monoisotopic (exact) mass is 327 g/mol. The maximum absolute atomic E-state index is 12.7. The van der Waals surface area contributed by atoms with Gasteiger partial charge in [0, 0.05) is 12.6 Å². The third-order valence-electron chi connectivity index (χ3n) is 4.05. The van der Waals surface area contributed by atoms with Crippen molar-refractivity contribution in [3.8, 4) is 0 Å². The molecule has 0 aromatic carbocycles. The van der Waals surface area contributed by atoms with Crippen LogP contribution in [0.3, 0.4) is 0 Å². The summed E-state index contributed by atoms with van der Waals surface area (Å²) in [4.78, 5) is 21.1. The Hall–Kier alpha value is -2.77. The second-order valence-corrected chi connectivity index (χ2v) is 6.04. The lowest BCUT2D eigenvalue weighted by molar-refractivity contribution is 0.102. The fourth-order valence-electron chi connectivity index (χ4n) is 2.73. The van der Waals surface area contributed by atoms with Gasteiger partial charge >= 0.3 is 0 Å². The molecular formula is C16H21N7O. The number of rotatable bonds is 4. The van der Waals surface area contributed by atoms with E-state index < -0.39 is 0 Å². The maximum Gasteiger partial charge on any atom is 0.275 e. The predicted octanol–water partition coefficient (Wildman–Crippen LogP) is 2.10. The molecule has 0 spiro atoms. The minimum Gasteiger partial charge on any atom is -0.305 e. The van der Waals surface area contributed by atoms with Crippen molar-refractivity contribution in [2.75, 3.05) is 5.32 Å². The predicted molar refractivity (Wildman–Crippen MR) is 90.1 cm³/mol. The van der Waals surface area contributed by atoms with Crippen LogP contribution in [0.1, 0.15) is 54.1 Å². The Morgan fingerprint density at radius 3 is 2.75 bits per heavy atom. The number of hydrogen-bond acceptors (Lipinski definition) is 5. The highest BCUT2D eigenvalue weighted by Gasteiger charge is 2.18. The van der Waals surface area contributed by atoms with E-state index in [1.807, 2.05) is 34.7 Å². The summed E-state index contributed by atoms with van der Waals surface area (Å²) in [5.74, 6) is 1.01. The van der Waals surface area contributed by atoms with E-state index in [1.165, 1.54) is 6.33 Å². The van der Waals surface area contributed by atoms with Crippen molar-refractivity contribution in [3.05, 3.63) is 35.0 Å². The van der Waals surface area contributed by atoms with Gasteiger partial charge in [0.15, 0.2) is 0 Å². The van der Waals surface area contributed by atoms with Crippen LogP contribution in [-0.4, -0.2) is 35.3 Å². The molecular weight excluding hydrogens is 306 g/mol. The molecule has 126 valence electrons. The number of fused-ring (bicyclic) bond motifs is 1. The van der Waals surface area contributed by atoms with Crippen LogP contribution in [0.4, 0.5) is 5.82 Å². The van der Waals surface area contributed by atoms with E-state index in [1.54, 1.807) is 15.3 Å². The largest absolute Gasteiger partial charge is 0.305 e. The standard InChI is InChI=1S/C16H21N7O/c1-6-11-10(4)14(22(5)21-11)20-15(24)12-7-13(9(2)3)23-16(19-12)17-8-18-23/h7-9H,6H2,1-5H3,(H,20,24). The van der Waals surface area contributed by atoms with Crippen LogP contribution in [0, 0.1) is 6.92 Å². The van der Waals surface area contributed by atoms with Crippen LogP contribution in [-0.2, 0) is 13.5 Å². The molecule has 8 nitrogen and oxygen atoms in total. The van der Waals surface area contributed by atoms with Crippen LogP contribution in [0.5, 0.6) is 0 Å². The molecule has 0 aliphatic heterocycles. The molecule has 0 unspecified atom stereocenters. The molecule has 0 aliphatic carbocycles. The fourth-order valence-corrected chi connectivity index (χ4v) is 2.73. The van der Waals surface area contributed by atoms with Gasteiger partial charge in [-0.15, -0.1) is 0 Å². The van der Waals surface area contributed by atoms with Gasteiger partial charge < -0.3 is 5.32 Å². The van der Waals surface area contributed by atoms with Crippen molar-refractivity contribution in [1.82, 2.24) is 29.4 Å². The number of nitrogens with one attached hydrogen (secondary N) is 1. The number of amides is 1. The molecule has 3 aromatic heterocycles. The van der Waals surface area contributed by atoms with Gasteiger partial charge in [-0.3, -0.25) is 9.48 Å². The Balaban J connectivity index is 1.99. The molecule has 0 saturated heterocycles. The molecule has 0 radical (unpaired) electrons. The van der Waals surface area contributed by atoms with Crippen LogP contribution < -0.4 is 5.32 Å². The number of aromatic nitrogens is 6. The highest BCUT2D eigenvalue weighted by atomic mass is 16.2. The molecule has 24 heavy (non-hydrogen) atoms. The molecule has 3 aromatic rings. The summed E-state index contributed by atoms with van der Waals surface area (Å²) in [5.41, 5.74) is 3.15.